The molecule has 0 radical (unpaired) electrons. The standard InChI is InChI=1S/C76H140N36O20S/c1-4-39(2)56(67(128)107-48(70(131)132)21-12-30-96-76(89)90)110-64(125)46(19-10-28-94-74(85)86)103-63(124)45(18-9-27-93-73(83)84)102-53(116)34-97-59(120)42(15-5-6-24-77)101-52(115)33-98-61(122)44(17-8-26-92-72(81)82)105-68(129)57(40(3)114)109-54(117)35-99-60(121)43(16-7-25-91-71(79)80)104-66(127)51-23-14-32-112(51)69(130)47(20-11-29-95-75(87)88)106-65(126)50-22-13-31-111(50)55(118)36-100-62(123)49(37-113)108-58(119)41(78)38-133/h39-51,56-57,113-114,133H,4-38,77-78H2,1-3H3,(H,97,120)(H,98,122)(H,99,121)(H,100,123)(H,101,115)(H,102,116)(H,103,124)(H,104,127)(H,105,129)(H,106,126)(H,107,128)(H,108,119)(H,109,117)(H,110,125)(H,131,132)(H4,79,80,91)(H4,81,82,92)(H4,83,84,93)(H4,85,86,94)(H4,87,88,95)(H4,89,90,96)/t39-,40+,41-,42-,43-,44-,45-,46-,47-,48-,49-,50-,51-,56-,57-/m0/s1. The number of thiol groups is 1. The Labute approximate surface area is 774 Å². The summed E-state index contributed by atoms with van der Waals surface area (Å²) in [5.41, 5.74) is 44.1. The summed E-state index contributed by atoms with van der Waals surface area (Å²) in [6.45, 7) is 0.709. The number of aliphatic hydroxyl groups is 2. The van der Waals surface area contributed by atoms with Gasteiger partial charge in [0.15, 0.2) is 35.8 Å². The van der Waals surface area contributed by atoms with Gasteiger partial charge in [-0.15, -0.1) is 0 Å². The normalized spacial score (nSPS) is 16.1. The molecule has 0 aromatic carbocycles. The molecule has 16 amide bonds. The maximum absolute atomic E-state index is 14.7. The van der Waals surface area contributed by atoms with Crippen molar-refractivity contribution in [2.45, 2.75) is 234 Å². The molecular weight excluding hydrogens is 1770 g/mol. The fourth-order valence-electron chi connectivity index (χ4n) is 13.6. The van der Waals surface area contributed by atoms with Crippen LogP contribution in [-0.4, -0.2) is 343 Å². The second kappa shape index (κ2) is 63.0. The highest BCUT2D eigenvalue weighted by Gasteiger charge is 2.43. The molecule has 2 heterocycles. The molecule has 0 aromatic heterocycles. The molecule has 2 aliphatic rings. The molecule has 0 aliphatic carbocycles. The first-order valence-electron chi connectivity index (χ1n) is 43.7. The van der Waals surface area contributed by atoms with Crippen LogP contribution in [0.25, 0.3) is 0 Å². The smallest absolute Gasteiger partial charge is 0.326 e. The van der Waals surface area contributed by atoms with Crippen molar-refractivity contribution in [3.63, 3.8) is 0 Å². The van der Waals surface area contributed by atoms with E-state index in [9.17, 15) is 96.8 Å². The fraction of sp³-hybridized carbons (Fsp3) is 0.697. The molecule has 0 aromatic rings. The van der Waals surface area contributed by atoms with Crippen molar-refractivity contribution < 1.29 is 96.8 Å². The highest BCUT2D eigenvalue weighted by atomic mass is 32.1. The number of hydrogen-bond acceptors (Lipinski definition) is 28. The van der Waals surface area contributed by atoms with Crippen LogP contribution in [0, 0.1) is 38.4 Å². The Morgan fingerprint density at radius 1 is 0.383 bits per heavy atom. The van der Waals surface area contributed by atoms with E-state index in [0.717, 1.165) is 6.92 Å². The molecule has 2 saturated heterocycles. The monoisotopic (exact) mass is 1910 g/mol. The molecule has 0 unspecified atom stereocenters. The van der Waals surface area contributed by atoms with Gasteiger partial charge < -0.3 is 177 Å². The van der Waals surface area contributed by atoms with E-state index in [1.165, 1.54) is 9.80 Å². The molecule has 2 aliphatic heterocycles. The molecule has 57 heteroatoms. The number of carbonyl (C=O) groups is 17. The van der Waals surface area contributed by atoms with E-state index in [2.05, 4.69) is 119 Å². The summed E-state index contributed by atoms with van der Waals surface area (Å²) >= 11 is 3.95. The number of nitrogens with zero attached hydrogens (tertiary/aromatic N) is 2. The largest absolute Gasteiger partial charge is 0.480 e. The molecule has 2 rings (SSSR count). The Bertz CT molecular complexity index is 3970. The van der Waals surface area contributed by atoms with Gasteiger partial charge >= 0.3 is 5.97 Å². The summed E-state index contributed by atoms with van der Waals surface area (Å²) < 4.78 is 0. The lowest BCUT2D eigenvalue weighted by atomic mass is 9.96. The van der Waals surface area contributed by atoms with Crippen LogP contribution < -0.4 is 152 Å². The molecule has 0 bridgehead atoms. The number of aliphatic hydroxyl groups excluding tert-OH is 2. The van der Waals surface area contributed by atoms with Crippen LogP contribution in [0.2, 0.25) is 0 Å². The van der Waals surface area contributed by atoms with Crippen LogP contribution in [0.3, 0.4) is 0 Å². The van der Waals surface area contributed by atoms with E-state index in [1.54, 1.807) is 13.8 Å². The Morgan fingerprint density at radius 2 is 0.707 bits per heavy atom. The molecule has 15 atom stereocenters. The Hall–Kier alpha value is -13.2. The van der Waals surface area contributed by atoms with Crippen molar-refractivity contribution in [3.05, 3.63) is 0 Å². The quantitative estimate of drug-likeness (QED) is 0.0116. The maximum Gasteiger partial charge on any atom is 0.326 e. The van der Waals surface area contributed by atoms with Gasteiger partial charge in [-0.1, -0.05) is 20.3 Å². The zero-order valence-corrected chi connectivity index (χ0v) is 76.0. The molecule has 45 N–H and O–H groups in total. The first-order chi connectivity index (χ1) is 62.9. The number of aliphatic carboxylic acids is 1. The fourth-order valence-corrected chi connectivity index (χ4v) is 13.8. The third-order valence-corrected chi connectivity index (χ3v) is 21.3. The predicted octanol–water partition coefficient (Wildman–Crippen LogP) is -14.2. The van der Waals surface area contributed by atoms with E-state index < -0.39 is 248 Å². The van der Waals surface area contributed by atoms with Crippen LogP contribution in [0.4, 0.5) is 0 Å². The topological polar surface area (TPSA) is 949 Å². The number of nitrogens with one attached hydrogen (secondary N) is 26. The Balaban J connectivity index is 2.36. The molecule has 133 heavy (non-hydrogen) atoms. The van der Waals surface area contributed by atoms with Crippen LogP contribution in [0.1, 0.15) is 149 Å². The summed E-state index contributed by atoms with van der Waals surface area (Å²) in [6, 6.07) is -18.4. The van der Waals surface area contributed by atoms with Crippen molar-refractivity contribution in [3.8, 4) is 0 Å². The van der Waals surface area contributed by atoms with Crippen LogP contribution in [-0.2, 0) is 81.5 Å². The first kappa shape index (κ1) is 116. The second-order valence-electron chi connectivity index (χ2n) is 31.6. The number of carboxylic acids is 1. The summed E-state index contributed by atoms with van der Waals surface area (Å²) in [5.74, 6) is -19.2. The number of nitrogens with two attached hydrogens (primary N) is 8. The van der Waals surface area contributed by atoms with Crippen LogP contribution in [0.15, 0.2) is 0 Å². The number of unbranched alkanes of at least 4 members (excludes halogenated alkanes) is 1. The molecule has 0 saturated carbocycles. The third-order valence-electron chi connectivity index (χ3n) is 20.9. The SMILES string of the molecule is CC[C@H](C)[C@H](NC(=O)[C@H](CCCNC(=N)N)NC(=O)[C@H](CCCNC(=N)N)NC(=O)CNC(=O)[C@H](CCCCN)NC(=O)CNC(=O)[C@H](CCCNC(=N)N)NC(=O)[C@@H](NC(=O)CNC(=O)[C@H](CCCNC(=N)N)NC(=O)[C@@H]1CCCN1C(=O)[C@H](CCCNC(=N)N)NC(=O)[C@@H]1CCCN1C(=O)CNC(=O)[C@H](CO)NC(=O)[C@@H](N)CS)[C@@H](C)O)C(=O)N[C@@H](CCCNC(=N)N)C(=O)O. The van der Waals surface area contributed by atoms with Crippen LogP contribution >= 0.6 is 12.6 Å². The minimum Gasteiger partial charge on any atom is -0.480 e. The average Bonchev–Trinajstić information content (AvgIpc) is 1.75. The van der Waals surface area contributed by atoms with Crippen molar-refractivity contribution in [1.82, 2.24) is 116 Å². The Kier molecular flexibility index (Phi) is 54.9. The van der Waals surface area contributed by atoms with Gasteiger partial charge in [-0.3, -0.25) is 109 Å². The predicted molar refractivity (Wildman–Crippen MR) is 486 cm³/mol. The number of carboxylic acid groups (broad SMARTS) is 1. The summed E-state index contributed by atoms with van der Waals surface area (Å²) in [7, 11) is 0. The lowest BCUT2D eigenvalue weighted by Crippen LogP contribution is -2.59. The van der Waals surface area contributed by atoms with Gasteiger partial charge in [-0.2, -0.15) is 12.6 Å². The minimum atomic E-state index is -1.87. The van der Waals surface area contributed by atoms with Gasteiger partial charge in [-0.05, 0) is 141 Å². The van der Waals surface area contributed by atoms with Crippen LogP contribution in [0.5, 0.6) is 0 Å². The molecule has 56 nitrogen and oxygen atoms in total. The van der Waals surface area contributed by atoms with E-state index in [1.807, 2.05) is 0 Å². The lowest BCUT2D eigenvalue weighted by molar-refractivity contribution is -0.144. The lowest BCUT2D eigenvalue weighted by Gasteiger charge is -2.31. The summed E-state index contributed by atoms with van der Waals surface area (Å²) in [4.78, 5) is 237. The highest BCUT2D eigenvalue weighted by Crippen LogP contribution is 2.23. The molecule has 2 fully saturated rings. The van der Waals surface area contributed by atoms with Gasteiger partial charge in [0.25, 0.3) is 0 Å². The Morgan fingerprint density at radius 3 is 1.11 bits per heavy atom. The first-order valence-corrected chi connectivity index (χ1v) is 44.3. The maximum atomic E-state index is 14.7. The number of amides is 16. The van der Waals surface area contributed by atoms with Crippen molar-refractivity contribution in [2.75, 3.05) is 97.4 Å². The number of hydrogen-bond donors (Lipinski definition) is 38. The van der Waals surface area contributed by atoms with Gasteiger partial charge in [0.2, 0.25) is 94.5 Å². The second-order valence-corrected chi connectivity index (χ2v) is 31.9. The van der Waals surface area contributed by atoms with E-state index in [-0.39, 0.29) is 186 Å². The number of carbonyl (C=O) groups excluding carboxylic acids is 16. The van der Waals surface area contributed by atoms with Gasteiger partial charge in [0, 0.05) is 58.1 Å². The summed E-state index contributed by atoms with van der Waals surface area (Å²) in [5, 5.41) is 126. The summed E-state index contributed by atoms with van der Waals surface area (Å²) in [6.07, 6.45) is -0.581. The average molecular weight is 1910 g/mol. The number of guanidine groups is 6. The van der Waals surface area contributed by atoms with Crippen molar-refractivity contribution >= 4 is 149 Å². The van der Waals surface area contributed by atoms with E-state index >= 15 is 0 Å². The zero-order valence-electron chi connectivity index (χ0n) is 75.2. The number of likely N-dealkylation sites (tertiary alicyclic amines) is 2. The van der Waals surface area contributed by atoms with Crippen molar-refractivity contribution in [2.24, 2.45) is 51.8 Å². The van der Waals surface area contributed by atoms with Gasteiger partial charge in [0.05, 0.1) is 44.9 Å². The van der Waals surface area contributed by atoms with Gasteiger partial charge in [-0.25, -0.2) is 4.79 Å². The molecular formula is C76H140N36O20S. The minimum absolute atomic E-state index is 0.00674. The molecule has 750 valence electrons. The van der Waals surface area contributed by atoms with Gasteiger partial charge in [0.1, 0.15) is 72.5 Å². The van der Waals surface area contributed by atoms with E-state index in [0.29, 0.717) is 19.3 Å². The van der Waals surface area contributed by atoms with Crippen molar-refractivity contribution in [1.29, 1.82) is 32.5 Å². The zero-order chi connectivity index (χ0) is 100.0. The highest BCUT2D eigenvalue weighted by molar-refractivity contribution is 7.80. The molecule has 0 spiro atoms. The third kappa shape index (κ3) is 46.0. The van der Waals surface area contributed by atoms with E-state index in [4.69, 9.17) is 78.3 Å². The number of rotatable bonds is 64.